The number of rotatable bonds is 2. The second-order valence-corrected chi connectivity index (χ2v) is 4.74. The maximum Gasteiger partial charge on any atom is 0.180 e. The maximum atomic E-state index is 5.61. The molecular formula is C14H17N5. The summed E-state index contributed by atoms with van der Waals surface area (Å²) in [6.07, 6.45) is 7.33. The van der Waals surface area contributed by atoms with Crippen LogP contribution in [0.5, 0.6) is 0 Å². The lowest BCUT2D eigenvalue weighted by atomic mass is 10.1. The van der Waals surface area contributed by atoms with Crippen molar-refractivity contribution >= 4 is 5.82 Å². The molecule has 2 aromatic rings. The molecular weight excluding hydrogens is 238 g/mol. The summed E-state index contributed by atoms with van der Waals surface area (Å²) in [5, 5.41) is 0. The number of nitrogen functional groups attached to an aromatic ring is 1. The van der Waals surface area contributed by atoms with E-state index in [9.17, 15) is 0 Å². The van der Waals surface area contributed by atoms with Gasteiger partial charge in [0.2, 0.25) is 0 Å². The molecule has 0 atom stereocenters. The van der Waals surface area contributed by atoms with Gasteiger partial charge in [0, 0.05) is 17.5 Å². The van der Waals surface area contributed by atoms with Gasteiger partial charge in [-0.05, 0) is 37.8 Å². The molecule has 0 saturated heterocycles. The molecule has 0 unspecified atom stereocenters. The van der Waals surface area contributed by atoms with Crippen LogP contribution in [0.2, 0.25) is 0 Å². The minimum absolute atomic E-state index is 0.647. The molecule has 0 spiro atoms. The summed E-state index contributed by atoms with van der Waals surface area (Å²) in [5.74, 6) is 7.00. The molecule has 3 rings (SSSR count). The molecule has 0 saturated carbocycles. The van der Waals surface area contributed by atoms with E-state index in [1.807, 2.05) is 18.2 Å². The molecule has 1 aliphatic carbocycles. The lowest BCUT2D eigenvalue weighted by Gasteiger charge is -2.12. The van der Waals surface area contributed by atoms with Gasteiger partial charge < -0.3 is 5.43 Å². The number of nitrogens with two attached hydrogens (primary N) is 1. The first kappa shape index (κ1) is 12.0. The highest BCUT2D eigenvalue weighted by molar-refractivity contribution is 5.56. The van der Waals surface area contributed by atoms with Crippen LogP contribution >= 0.6 is 0 Å². The second kappa shape index (κ2) is 5.32. The van der Waals surface area contributed by atoms with Crippen molar-refractivity contribution in [3.8, 4) is 11.5 Å². The first-order valence-corrected chi connectivity index (χ1v) is 6.66. The monoisotopic (exact) mass is 255 g/mol. The van der Waals surface area contributed by atoms with Crippen LogP contribution in [0.3, 0.4) is 0 Å². The van der Waals surface area contributed by atoms with Crippen LogP contribution in [0.25, 0.3) is 11.5 Å². The second-order valence-electron chi connectivity index (χ2n) is 4.74. The molecule has 0 aliphatic heterocycles. The number of pyridine rings is 1. The molecule has 0 fully saturated rings. The molecule has 5 nitrogen and oxygen atoms in total. The van der Waals surface area contributed by atoms with Gasteiger partial charge in [-0.3, -0.25) is 4.98 Å². The van der Waals surface area contributed by atoms with Gasteiger partial charge in [-0.25, -0.2) is 15.8 Å². The van der Waals surface area contributed by atoms with Crippen LogP contribution in [0.1, 0.15) is 30.5 Å². The lowest BCUT2D eigenvalue weighted by Crippen LogP contribution is -2.14. The summed E-state index contributed by atoms with van der Waals surface area (Å²) in [6.45, 7) is 0. The van der Waals surface area contributed by atoms with Crippen molar-refractivity contribution in [1.82, 2.24) is 15.0 Å². The van der Waals surface area contributed by atoms with Crippen LogP contribution in [0, 0.1) is 0 Å². The Morgan fingerprint density at radius 3 is 2.74 bits per heavy atom. The fourth-order valence-electron chi connectivity index (χ4n) is 2.50. The molecule has 0 radical (unpaired) electrons. The molecule has 19 heavy (non-hydrogen) atoms. The van der Waals surface area contributed by atoms with Crippen molar-refractivity contribution in [2.45, 2.75) is 32.1 Å². The van der Waals surface area contributed by atoms with Crippen LogP contribution < -0.4 is 11.3 Å². The highest BCUT2D eigenvalue weighted by Gasteiger charge is 2.17. The number of anilines is 1. The summed E-state index contributed by atoms with van der Waals surface area (Å²) in [6, 6.07) is 5.74. The SMILES string of the molecule is NNc1nc(-c2ccccn2)nc2c1CCCCC2. The third kappa shape index (κ3) is 2.42. The zero-order valence-corrected chi connectivity index (χ0v) is 10.8. The first-order valence-electron chi connectivity index (χ1n) is 6.66. The third-order valence-electron chi connectivity index (χ3n) is 3.46. The number of hydrogen-bond acceptors (Lipinski definition) is 5. The van der Waals surface area contributed by atoms with E-state index in [2.05, 4.69) is 20.4 Å². The van der Waals surface area contributed by atoms with Crippen molar-refractivity contribution in [3.05, 3.63) is 35.7 Å². The Hall–Kier alpha value is -2.01. The third-order valence-corrected chi connectivity index (χ3v) is 3.46. The van der Waals surface area contributed by atoms with E-state index in [0.29, 0.717) is 5.82 Å². The Balaban J connectivity index is 2.10. The molecule has 0 bridgehead atoms. The Kier molecular flexibility index (Phi) is 3.37. The van der Waals surface area contributed by atoms with Crippen molar-refractivity contribution < 1.29 is 0 Å². The topological polar surface area (TPSA) is 76.7 Å². The Bertz CT molecular complexity index is 568. The number of aryl methyl sites for hydroxylation is 1. The van der Waals surface area contributed by atoms with Crippen molar-refractivity contribution in [2.24, 2.45) is 5.84 Å². The number of hydrazine groups is 1. The van der Waals surface area contributed by atoms with Gasteiger partial charge in [0.1, 0.15) is 11.5 Å². The molecule has 5 heteroatoms. The maximum absolute atomic E-state index is 5.61. The Morgan fingerprint density at radius 1 is 1.05 bits per heavy atom. The molecule has 2 heterocycles. The van der Waals surface area contributed by atoms with E-state index in [1.54, 1.807) is 6.20 Å². The van der Waals surface area contributed by atoms with Gasteiger partial charge in [-0.1, -0.05) is 12.5 Å². The minimum Gasteiger partial charge on any atom is -0.308 e. The number of fused-ring (bicyclic) bond motifs is 1. The number of aromatic nitrogens is 3. The van der Waals surface area contributed by atoms with Crippen molar-refractivity contribution in [1.29, 1.82) is 0 Å². The fraction of sp³-hybridized carbons (Fsp3) is 0.357. The molecule has 98 valence electrons. The van der Waals surface area contributed by atoms with Crippen molar-refractivity contribution in [3.63, 3.8) is 0 Å². The van der Waals surface area contributed by atoms with E-state index in [0.717, 1.165) is 30.0 Å². The van der Waals surface area contributed by atoms with Crippen LogP contribution in [-0.2, 0) is 12.8 Å². The van der Waals surface area contributed by atoms with E-state index in [1.165, 1.54) is 24.8 Å². The van der Waals surface area contributed by atoms with Crippen molar-refractivity contribution in [2.75, 3.05) is 5.43 Å². The van der Waals surface area contributed by atoms with Crippen LogP contribution in [0.4, 0.5) is 5.82 Å². The van der Waals surface area contributed by atoms with Gasteiger partial charge in [0.25, 0.3) is 0 Å². The highest BCUT2D eigenvalue weighted by atomic mass is 15.3. The average Bonchev–Trinajstić information content (AvgIpc) is 2.72. The predicted octanol–water partition coefficient (Wildman–Crippen LogP) is 2.09. The summed E-state index contributed by atoms with van der Waals surface area (Å²) >= 11 is 0. The highest BCUT2D eigenvalue weighted by Crippen LogP contribution is 2.26. The quantitative estimate of drug-likeness (QED) is 0.488. The van der Waals surface area contributed by atoms with Gasteiger partial charge in [-0.15, -0.1) is 0 Å². The van der Waals surface area contributed by atoms with Gasteiger partial charge >= 0.3 is 0 Å². The predicted molar refractivity (Wildman–Crippen MR) is 74.3 cm³/mol. The summed E-state index contributed by atoms with van der Waals surface area (Å²) in [7, 11) is 0. The van der Waals surface area contributed by atoms with Gasteiger partial charge in [0.05, 0.1) is 0 Å². The smallest absolute Gasteiger partial charge is 0.180 e. The summed E-state index contributed by atoms with van der Waals surface area (Å²) in [5.41, 5.74) is 5.78. The largest absolute Gasteiger partial charge is 0.308 e. The summed E-state index contributed by atoms with van der Waals surface area (Å²) in [4.78, 5) is 13.5. The van der Waals surface area contributed by atoms with Gasteiger partial charge in [-0.2, -0.15) is 0 Å². The normalized spacial score (nSPS) is 14.6. The number of nitrogens with zero attached hydrogens (tertiary/aromatic N) is 3. The Morgan fingerprint density at radius 2 is 1.95 bits per heavy atom. The standard InChI is InChI=1S/C14H17N5/c15-19-13-10-6-2-1-3-7-11(10)17-14(18-13)12-8-4-5-9-16-12/h4-5,8-9H,1-3,6-7,15H2,(H,17,18,19). The molecule has 0 amide bonds. The average molecular weight is 255 g/mol. The van der Waals surface area contributed by atoms with Gasteiger partial charge in [0.15, 0.2) is 5.82 Å². The minimum atomic E-state index is 0.647. The molecule has 2 aromatic heterocycles. The number of nitrogens with one attached hydrogen (secondary N) is 1. The van der Waals surface area contributed by atoms with Crippen LogP contribution in [-0.4, -0.2) is 15.0 Å². The van der Waals surface area contributed by atoms with E-state index in [-0.39, 0.29) is 0 Å². The molecule has 3 N–H and O–H groups in total. The van der Waals surface area contributed by atoms with E-state index in [4.69, 9.17) is 5.84 Å². The van der Waals surface area contributed by atoms with E-state index < -0.39 is 0 Å². The zero-order chi connectivity index (χ0) is 13.1. The number of hydrogen-bond donors (Lipinski definition) is 2. The fourth-order valence-corrected chi connectivity index (χ4v) is 2.50. The molecule has 0 aromatic carbocycles. The lowest BCUT2D eigenvalue weighted by molar-refractivity contribution is 0.709. The summed E-state index contributed by atoms with van der Waals surface area (Å²) < 4.78 is 0. The van der Waals surface area contributed by atoms with Crippen LogP contribution in [0.15, 0.2) is 24.4 Å². The molecule has 1 aliphatic rings. The first-order chi connectivity index (χ1) is 9.38. The zero-order valence-electron chi connectivity index (χ0n) is 10.8. The van der Waals surface area contributed by atoms with E-state index >= 15 is 0 Å². The Labute approximate surface area is 112 Å².